The Kier molecular flexibility index (Phi) is 7.00. The molecule has 10 heteroatoms. The zero-order valence-electron chi connectivity index (χ0n) is 16.2. The number of amides is 2. The zero-order chi connectivity index (χ0) is 22.5. The highest BCUT2D eigenvalue weighted by atomic mass is 19.4. The summed E-state index contributed by atoms with van der Waals surface area (Å²) in [5, 5.41) is 13.5. The second-order valence-corrected chi connectivity index (χ2v) is 6.59. The number of carbonyl (C=O) groups is 2. The van der Waals surface area contributed by atoms with Crippen molar-refractivity contribution in [1.29, 1.82) is 5.26 Å². The van der Waals surface area contributed by atoms with E-state index < -0.39 is 24.2 Å². The summed E-state index contributed by atoms with van der Waals surface area (Å²) in [7, 11) is 0. The van der Waals surface area contributed by atoms with Crippen molar-refractivity contribution in [2.75, 3.05) is 11.9 Å². The standard InChI is InChI=1S/C20H19F3N4O3/c1-11-15(12(2)26-19(30)16(11)9-24)7-8-17(28)27-14-5-3-13(4-6-14)18(29)25-10-20(21,22)23/h3-6H,7-8,10H2,1-2H3,(H,25,29)(H,26,30)(H,27,28). The molecule has 1 aromatic carbocycles. The molecule has 0 bridgehead atoms. The number of pyridine rings is 1. The van der Waals surface area contributed by atoms with E-state index in [1.807, 2.05) is 6.07 Å². The van der Waals surface area contributed by atoms with Crippen molar-refractivity contribution in [3.63, 3.8) is 0 Å². The fourth-order valence-corrected chi connectivity index (χ4v) is 2.87. The largest absolute Gasteiger partial charge is 0.405 e. The number of benzene rings is 1. The predicted octanol–water partition coefficient (Wildman–Crippen LogP) is 2.73. The molecule has 1 heterocycles. The molecule has 0 aliphatic heterocycles. The van der Waals surface area contributed by atoms with Crippen LogP contribution in [0.15, 0.2) is 29.1 Å². The van der Waals surface area contributed by atoms with Gasteiger partial charge in [0.05, 0.1) is 0 Å². The van der Waals surface area contributed by atoms with Gasteiger partial charge in [0, 0.05) is 23.4 Å². The Morgan fingerprint density at radius 3 is 2.37 bits per heavy atom. The second kappa shape index (κ2) is 9.26. The fourth-order valence-electron chi connectivity index (χ4n) is 2.87. The molecule has 0 spiro atoms. The lowest BCUT2D eigenvalue weighted by molar-refractivity contribution is -0.123. The van der Waals surface area contributed by atoms with Crippen LogP contribution in [0.3, 0.4) is 0 Å². The first-order chi connectivity index (χ1) is 14.0. The molecule has 0 atom stereocenters. The zero-order valence-corrected chi connectivity index (χ0v) is 16.2. The number of H-pyrrole nitrogens is 1. The normalized spacial score (nSPS) is 10.9. The summed E-state index contributed by atoms with van der Waals surface area (Å²) in [5.41, 5.74) is 1.76. The fraction of sp³-hybridized carbons (Fsp3) is 0.300. The number of aromatic nitrogens is 1. The molecule has 1 aromatic heterocycles. The lowest BCUT2D eigenvalue weighted by atomic mass is 9.99. The molecule has 0 radical (unpaired) electrons. The molecule has 0 unspecified atom stereocenters. The number of halogens is 3. The average Bonchev–Trinajstić information content (AvgIpc) is 2.66. The van der Waals surface area contributed by atoms with Crippen molar-refractivity contribution in [2.24, 2.45) is 0 Å². The maximum atomic E-state index is 12.2. The van der Waals surface area contributed by atoms with E-state index in [1.54, 1.807) is 19.2 Å². The number of nitrogens with zero attached hydrogens (tertiary/aromatic N) is 1. The Morgan fingerprint density at radius 2 is 1.80 bits per heavy atom. The van der Waals surface area contributed by atoms with Gasteiger partial charge < -0.3 is 15.6 Å². The highest BCUT2D eigenvalue weighted by Crippen LogP contribution is 2.17. The molecule has 30 heavy (non-hydrogen) atoms. The minimum atomic E-state index is -4.50. The summed E-state index contributed by atoms with van der Waals surface area (Å²) in [4.78, 5) is 38.2. The highest BCUT2D eigenvalue weighted by molar-refractivity contribution is 5.95. The number of anilines is 1. The molecule has 0 aliphatic carbocycles. The summed E-state index contributed by atoms with van der Waals surface area (Å²) >= 11 is 0. The van der Waals surface area contributed by atoms with Crippen molar-refractivity contribution in [2.45, 2.75) is 32.9 Å². The van der Waals surface area contributed by atoms with E-state index in [0.29, 0.717) is 28.9 Å². The van der Waals surface area contributed by atoms with Crippen molar-refractivity contribution < 1.29 is 22.8 Å². The van der Waals surface area contributed by atoms with Crippen LogP contribution < -0.4 is 16.2 Å². The topological polar surface area (TPSA) is 115 Å². The van der Waals surface area contributed by atoms with Gasteiger partial charge in [-0.15, -0.1) is 0 Å². The van der Waals surface area contributed by atoms with Gasteiger partial charge in [-0.2, -0.15) is 18.4 Å². The SMILES string of the molecule is Cc1[nH]c(=O)c(C#N)c(C)c1CCC(=O)Nc1ccc(C(=O)NCC(F)(F)F)cc1. The van der Waals surface area contributed by atoms with Gasteiger partial charge in [-0.3, -0.25) is 14.4 Å². The van der Waals surface area contributed by atoms with Crippen LogP contribution in [0.5, 0.6) is 0 Å². The van der Waals surface area contributed by atoms with E-state index in [0.717, 1.165) is 0 Å². The lowest BCUT2D eigenvalue weighted by Crippen LogP contribution is -2.33. The van der Waals surface area contributed by atoms with Gasteiger partial charge >= 0.3 is 6.18 Å². The highest BCUT2D eigenvalue weighted by Gasteiger charge is 2.27. The average molecular weight is 420 g/mol. The number of hydrogen-bond donors (Lipinski definition) is 3. The summed E-state index contributed by atoms with van der Waals surface area (Å²) in [6, 6.07) is 7.27. The molecule has 0 saturated heterocycles. The van der Waals surface area contributed by atoms with Gasteiger partial charge in [0.2, 0.25) is 5.91 Å². The van der Waals surface area contributed by atoms with Crippen molar-refractivity contribution in [3.8, 4) is 6.07 Å². The van der Waals surface area contributed by atoms with Gasteiger partial charge in [-0.05, 0) is 55.7 Å². The number of rotatable bonds is 6. The first kappa shape index (κ1) is 22.7. The van der Waals surface area contributed by atoms with Gasteiger partial charge in [0.25, 0.3) is 11.5 Å². The van der Waals surface area contributed by atoms with E-state index in [9.17, 15) is 27.6 Å². The third kappa shape index (κ3) is 5.94. The molecular weight excluding hydrogens is 401 g/mol. The molecule has 0 aliphatic rings. The second-order valence-electron chi connectivity index (χ2n) is 6.59. The van der Waals surface area contributed by atoms with Crippen LogP contribution in [-0.4, -0.2) is 29.5 Å². The van der Waals surface area contributed by atoms with E-state index >= 15 is 0 Å². The molecular formula is C20H19F3N4O3. The van der Waals surface area contributed by atoms with Crippen LogP contribution in [0.2, 0.25) is 0 Å². The summed E-state index contributed by atoms with van der Waals surface area (Å²) in [6.07, 6.45) is -4.13. The van der Waals surface area contributed by atoms with E-state index in [4.69, 9.17) is 5.26 Å². The summed E-state index contributed by atoms with van der Waals surface area (Å²) in [6.45, 7) is 1.91. The van der Waals surface area contributed by atoms with Crippen LogP contribution in [0.1, 0.15) is 39.2 Å². The van der Waals surface area contributed by atoms with E-state index in [1.165, 1.54) is 24.3 Å². The number of carbonyl (C=O) groups excluding carboxylic acids is 2. The predicted molar refractivity (Wildman–Crippen MR) is 103 cm³/mol. The van der Waals surface area contributed by atoms with Crippen LogP contribution >= 0.6 is 0 Å². The third-order valence-electron chi connectivity index (χ3n) is 4.40. The number of nitriles is 1. The first-order valence-electron chi connectivity index (χ1n) is 8.89. The maximum Gasteiger partial charge on any atom is 0.405 e. The Labute approximate surface area is 169 Å². The van der Waals surface area contributed by atoms with Crippen LogP contribution in [-0.2, 0) is 11.2 Å². The molecule has 3 N–H and O–H groups in total. The van der Waals surface area contributed by atoms with Crippen molar-refractivity contribution >= 4 is 17.5 Å². The Morgan fingerprint density at radius 1 is 1.17 bits per heavy atom. The number of aryl methyl sites for hydroxylation is 1. The van der Waals surface area contributed by atoms with Gasteiger partial charge in [0.15, 0.2) is 0 Å². The molecule has 0 fully saturated rings. The van der Waals surface area contributed by atoms with E-state index in [-0.39, 0.29) is 23.5 Å². The number of aromatic amines is 1. The van der Waals surface area contributed by atoms with Crippen LogP contribution in [0, 0.1) is 25.2 Å². The van der Waals surface area contributed by atoms with Crippen molar-refractivity contribution in [3.05, 3.63) is 62.6 Å². The summed E-state index contributed by atoms with van der Waals surface area (Å²) in [5.74, 6) is -1.21. The quantitative estimate of drug-likeness (QED) is 0.667. The van der Waals surface area contributed by atoms with Crippen molar-refractivity contribution in [1.82, 2.24) is 10.3 Å². The van der Waals surface area contributed by atoms with E-state index in [2.05, 4.69) is 10.3 Å². The number of hydrogen-bond acceptors (Lipinski definition) is 4. The van der Waals surface area contributed by atoms with Crippen LogP contribution in [0.25, 0.3) is 0 Å². The Bertz CT molecular complexity index is 1050. The third-order valence-corrected chi connectivity index (χ3v) is 4.40. The minimum Gasteiger partial charge on any atom is -0.343 e. The van der Waals surface area contributed by atoms with Gasteiger partial charge in [-0.25, -0.2) is 0 Å². The monoisotopic (exact) mass is 420 g/mol. The molecule has 0 saturated carbocycles. The Hall–Kier alpha value is -3.61. The maximum absolute atomic E-state index is 12.2. The summed E-state index contributed by atoms with van der Waals surface area (Å²) < 4.78 is 36.5. The van der Waals surface area contributed by atoms with Crippen LogP contribution in [0.4, 0.5) is 18.9 Å². The Balaban J connectivity index is 1.97. The number of nitrogens with one attached hydrogen (secondary N) is 3. The molecule has 2 amide bonds. The smallest absolute Gasteiger partial charge is 0.343 e. The lowest BCUT2D eigenvalue weighted by Gasteiger charge is -2.11. The molecule has 158 valence electrons. The first-order valence-corrected chi connectivity index (χ1v) is 8.89. The molecule has 7 nitrogen and oxygen atoms in total. The minimum absolute atomic E-state index is 0.00963. The molecule has 2 aromatic rings. The molecule has 2 rings (SSSR count). The van der Waals surface area contributed by atoms with Gasteiger partial charge in [-0.1, -0.05) is 0 Å². The number of alkyl halides is 3. The van der Waals surface area contributed by atoms with Gasteiger partial charge in [0.1, 0.15) is 18.2 Å².